The largest absolute Gasteiger partial charge is 0.299 e. The fourth-order valence-corrected chi connectivity index (χ4v) is 5.91. The van der Waals surface area contributed by atoms with E-state index in [0.717, 1.165) is 42.9 Å². The summed E-state index contributed by atoms with van der Waals surface area (Å²) in [5.74, 6) is 4.16. The molecule has 4 atom stereocenters. The number of carbonyl (C=O) groups is 1. The van der Waals surface area contributed by atoms with Gasteiger partial charge in [-0.15, -0.1) is 0 Å². The van der Waals surface area contributed by atoms with Gasteiger partial charge in [-0.05, 0) is 75.5 Å². The van der Waals surface area contributed by atoms with Crippen LogP contribution in [0.1, 0.15) is 64.7 Å². The number of ketones is 1. The molecule has 0 aliphatic heterocycles. The van der Waals surface area contributed by atoms with Crippen LogP contribution in [0.5, 0.6) is 0 Å². The maximum Gasteiger partial charge on any atom is 0.137 e. The average molecular weight is 270 g/mol. The Hall–Kier alpha value is -0.850. The number of carbonyl (C=O) groups excluding carboxylic acids is 1. The second kappa shape index (κ2) is 4.86. The smallest absolute Gasteiger partial charge is 0.137 e. The highest BCUT2D eigenvalue weighted by atomic mass is 16.1. The van der Waals surface area contributed by atoms with Gasteiger partial charge in [0.2, 0.25) is 0 Å². The van der Waals surface area contributed by atoms with Crippen molar-refractivity contribution in [3.05, 3.63) is 22.8 Å². The summed E-state index contributed by atoms with van der Waals surface area (Å²) in [7, 11) is 0. The molecule has 4 unspecified atom stereocenters. The first-order chi connectivity index (χ1) is 9.78. The summed E-state index contributed by atoms with van der Waals surface area (Å²) in [5.41, 5.74) is 5.06. The van der Waals surface area contributed by atoms with Crippen molar-refractivity contribution in [3.8, 4) is 0 Å². The maximum atomic E-state index is 11.7. The van der Waals surface area contributed by atoms with Crippen LogP contribution in [0.25, 0.3) is 0 Å². The molecule has 0 N–H and O–H groups in total. The molecule has 20 heavy (non-hydrogen) atoms. The third kappa shape index (κ3) is 1.85. The Kier molecular flexibility index (Phi) is 3.12. The van der Waals surface area contributed by atoms with Crippen LogP contribution in [0.2, 0.25) is 0 Å². The second-order valence-electron chi connectivity index (χ2n) is 7.40. The van der Waals surface area contributed by atoms with E-state index in [1.165, 1.54) is 38.5 Å². The van der Waals surface area contributed by atoms with E-state index in [2.05, 4.69) is 13.0 Å². The summed E-state index contributed by atoms with van der Waals surface area (Å²) in [4.78, 5) is 11.7. The van der Waals surface area contributed by atoms with Crippen molar-refractivity contribution in [1.82, 2.24) is 0 Å². The zero-order valence-electron chi connectivity index (χ0n) is 12.7. The van der Waals surface area contributed by atoms with Gasteiger partial charge in [-0.3, -0.25) is 4.79 Å². The van der Waals surface area contributed by atoms with E-state index in [0.29, 0.717) is 5.78 Å². The Labute approximate surface area is 122 Å². The lowest BCUT2D eigenvalue weighted by molar-refractivity contribution is -0.119. The Balaban J connectivity index is 1.62. The Morgan fingerprint density at radius 1 is 0.900 bits per heavy atom. The minimum Gasteiger partial charge on any atom is -0.299 e. The second-order valence-corrected chi connectivity index (χ2v) is 7.40. The van der Waals surface area contributed by atoms with Crippen LogP contribution in [0.4, 0.5) is 0 Å². The van der Waals surface area contributed by atoms with E-state index in [-0.39, 0.29) is 0 Å². The molecule has 1 heteroatoms. The topological polar surface area (TPSA) is 17.1 Å². The number of hydrogen-bond acceptors (Lipinski definition) is 1. The van der Waals surface area contributed by atoms with Crippen molar-refractivity contribution in [2.75, 3.05) is 0 Å². The zero-order valence-corrected chi connectivity index (χ0v) is 12.7. The first-order valence-electron chi connectivity index (χ1n) is 8.65. The molecule has 0 aromatic heterocycles. The van der Waals surface area contributed by atoms with Crippen molar-refractivity contribution < 1.29 is 4.79 Å². The number of hydrogen-bond donors (Lipinski definition) is 0. The molecule has 108 valence electrons. The summed E-state index contributed by atoms with van der Waals surface area (Å²) in [6.45, 7) is 2.23. The fourth-order valence-electron chi connectivity index (χ4n) is 5.91. The van der Waals surface area contributed by atoms with E-state index in [1.807, 2.05) is 0 Å². The van der Waals surface area contributed by atoms with Gasteiger partial charge < -0.3 is 0 Å². The van der Waals surface area contributed by atoms with Gasteiger partial charge in [-0.1, -0.05) is 22.8 Å². The number of rotatable bonds is 0. The molecule has 0 radical (unpaired) electrons. The van der Waals surface area contributed by atoms with Gasteiger partial charge in [0.25, 0.3) is 0 Å². The van der Waals surface area contributed by atoms with Gasteiger partial charge in [0.1, 0.15) is 5.78 Å². The van der Waals surface area contributed by atoms with Gasteiger partial charge in [-0.2, -0.15) is 0 Å². The molecule has 0 spiro atoms. The predicted molar refractivity (Wildman–Crippen MR) is 81.3 cm³/mol. The van der Waals surface area contributed by atoms with Gasteiger partial charge in [0.15, 0.2) is 0 Å². The Bertz CT molecular complexity index is 496. The van der Waals surface area contributed by atoms with Gasteiger partial charge in [0.05, 0.1) is 0 Å². The minimum absolute atomic E-state index is 0.493. The minimum atomic E-state index is 0.493. The normalized spacial score (nSPS) is 42.5. The highest BCUT2D eigenvalue weighted by molar-refractivity contribution is 5.82. The first-order valence-corrected chi connectivity index (χ1v) is 8.65. The fraction of sp³-hybridized carbons (Fsp3) is 0.737. The van der Waals surface area contributed by atoms with E-state index >= 15 is 0 Å². The number of Topliss-reactive ketones (excluding diaryl/α,β-unsaturated/α-hetero) is 1. The van der Waals surface area contributed by atoms with Crippen LogP contribution in [0.15, 0.2) is 22.8 Å². The first kappa shape index (κ1) is 12.9. The van der Waals surface area contributed by atoms with Gasteiger partial charge in [0, 0.05) is 12.8 Å². The summed E-state index contributed by atoms with van der Waals surface area (Å²) in [5, 5.41) is 0. The Morgan fingerprint density at radius 3 is 2.50 bits per heavy atom. The highest BCUT2D eigenvalue weighted by Crippen LogP contribution is 2.57. The number of allylic oxidation sites excluding steroid dienone is 4. The van der Waals surface area contributed by atoms with E-state index in [1.54, 1.807) is 16.7 Å². The molecule has 0 aromatic carbocycles. The van der Waals surface area contributed by atoms with E-state index in [9.17, 15) is 4.79 Å². The van der Waals surface area contributed by atoms with E-state index < -0.39 is 0 Å². The molecule has 0 saturated heterocycles. The van der Waals surface area contributed by atoms with Crippen LogP contribution in [-0.4, -0.2) is 5.78 Å². The van der Waals surface area contributed by atoms with E-state index in [4.69, 9.17) is 0 Å². The van der Waals surface area contributed by atoms with Crippen molar-refractivity contribution in [3.63, 3.8) is 0 Å². The third-order valence-electron chi connectivity index (χ3n) is 6.75. The standard InChI is InChI=1S/C19H26O/c1-2-12-3-6-17-15(12)9-10-18-16-8-5-14(20)11-13(16)4-7-19(17)18/h2,15,17-19H,3-11H2,1H3/b12-2-. The molecular weight excluding hydrogens is 244 g/mol. The molecule has 4 aliphatic carbocycles. The maximum absolute atomic E-state index is 11.7. The molecular formula is C19H26O. The zero-order chi connectivity index (χ0) is 13.7. The molecule has 2 fully saturated rings. The summed E-state index contributed by atoms with van der Waals surface area (Å²) in [6.07, 6.45) is 13.3. The van der Waals surface area contributed by atoms with Gasteiger partial charge >= 0.3 is 0 Å². The SMILES string of the molecule is C/C=C1/CCC2C1CCC1C3=C(CCC12)CC(=O)CC3. The van der Waals surface area contributed by atoms with Gasteiger partial charge in [-0.25, -0.2) is 0 Å². The van der Waals surface area contributed by atoms with Crippen LogP contribution >= 0.6 is 0 Å². The summed E-state index contributed by atoms with van der Waals surface area (Å²) < 4.78 is 0. The van der Waals surface area contributed by atoms with Crippen molar-refractivity contribution in [2.24, 2.45) is 23.7 Å². The lowest BCUT2D eigenvalue weighted by Crippen LogP contribution is -2.37. The molecule has 0 aromatic rings. The Morgan fingerprint density at radius 2 is 1.65 bits per heavy atom. The monoisotopic (exact) mass is 270 g/mol. The predicted octanol–water partition coefficient (Wildman–Crippen LogP) is 4.83. The summed E-state index contributed by atoms with van der Waals surface area (Å²) in [6, 6.07) is 0. The van der Waals surface area contributed by atoms with Crippen molar-refractivity contribution in [1.29, 1.82) is 0 Å². The van der Waals surface area contributed by atoms with Crippen LogP contribution in [-0.2, 0) is 4.79 Å². The molecule has 0 amide bonds. The average Bonchev–Trinajstić information content (AvgIpc) is 2.89. The third-order valence-corrected chi connectivity index (χ3v) is 6.75. The molecule has 4 rings (SSSR count). The molecule has 1 nitrogen and oxygen atoms in total. The molecule has 0 bridgehead atoms. The molecule has 0 heterocycles. The van der Waals surface area contributed by atoms with Crippen LogP contribution in [0.3, 0.4) is 0 Å². The lowest BCUT2D eigenvalue weighted by atomic mass is 9.59. The van der Waals surface area contributed by atoms with Crippen LogP contribution in [0, 0.1) is 23.7 Å². The lowest BCUT2D eigenvalue weighted by Gasteiger charge is -2.46. The van der Waals surface area contributed by atoms with Crippen LogP contribution < -0.4 is 0 Å². The summed E-state index contributed by atoms with van der Waals surface area (Å²) >= 11 is 0. The van der Waals surface area contributed by atoms with Crippen molar-refractivity contribution >= 4 is 5.78 Å². The highest BCUT2D eigenvalue weighted by Gasteiger charge is 2.46. The van der Waals surface area contributed by atoms with Crippen molar-refractivity contribution in [2.45, 2.75) is 64.7 Å². The molecule has 4 aliphatic rings. The molecule has 2 saturated carbocycles. The quantitative estimate of drug-likeness (QED) is 0.576. The number of fused-ring (bicyclic) bond motifs is 4.